The van der Waals surface area contributed by atoms with Crippen LogP contribution in [-0.4, -0.2) is 21.5 Å². The monoisotopic (exact) mass is 294 g/mol. The number of para-hydroxylation sites is 2. The van der Waals surface area contributed by atoms with E-state index in [-0.39, 0.29) is 16.7 Å². The highest BCUT2D eigenvalue weighted by atomic mass is 35.5. The number of nitrogens with one attached hydrogen (secondary N) is 1. The SMILES string of the molecule is CCOc1ccccc1Nc1ncnc(Cl)c1[N+](=O)[O-]. The minimum Gasteiger partial charge on any atom is -0.492 e. The molecule has 2 rings (SSSR count). The zero-order valence-corrected chi connectivity index (χ0v) is 11.3. The average molecular weight is 295 g/mol. The Kier molecular flexibility index (Phi) is 4.31. The van der Waals surface area contributed by atoms with Crippen LogP contribution in [0.25, 0.3) is 0 Å². The Labute approximate surface area is 119 Å². The second-order valence-corrected chi connectivity index (χ2v) is 4.03. The van der Waals surface area contributed by atoms with Gasteiger partial charge < -0.3 is 10.1 Å². The largest absolute Gasteiger partial charge is 0.492 e. The van der Waals surface area contributed by atoms with Crippen LogP contribution in [0.5, 0.6) is 5.75 Å². The quantitative estimate of drug-likeness (QED) is 0.517. The van der Waals surface area contributed by atoms with E-state index in [2.05, 4.69) is 15.3 Å². The van der Waals surface area contributed by atoms with E-state index < -0.39 is 4.92 Å². The number of aromatic nitrogens is 2. The molecule has 0 fully saturated rings. The van der Waals surface area contributed by atoms with Crippen LogP contribution in [0, 0.1) is 10.1 Å². The van der Waals surface area contributed by atoms with E-state index in [0.29, 0.717) is 18.0 Å². The zero-order chi connectivity index (χ0) is 14.5. The van der Waals surface area contributed by atoms with Crippen molar-refractivity contribution in [3.63, 3.8) is 0 Å². The molecule has 0 amide bonds. The molecule has 1 N–H and O–H groups in total. The highest BCUT2D eigenvalue weighted by molar-refractivity contribution is 6.31. The van der Waals surface area contributed by atoms with E-state index in [0.717, 1.165) is 6.33 Å². The van der Waals surface area contributed by atoms with E-state index in [9.17, 15) is 10.1 Å². The van der Waals surface area contributed by atoms with Gasteiger partial charge in [-0.25, -0.2) is 9.97 Å². The first-order chi connectivity index (χ1) is 9.63. The van der Waals surface area contributed by atoms with Gasteiger partial charge in [0.15, 0.2) is 0 Å². The Morgan fingerprint density at radius 2 is 2.15 bits per heavy atom. The summed E-state index contributed by atoms with van der Waals surface area (Å²) in [5, 5.41) is 13.6. The Bertz CT molecular complexity index is 636. The fourth-order valence-electron chi connectivity index (χ4n) is 1.59. The van der Waals surface area contributed by atoms with Crippen molar-refractivity contribution in [1.82, 2.24) is 9.97 Å². The number of hydrogen-bond donors (Lipinski definition) is 1. The lowest BCUT2D eigenvalue weighted by Crippen LogP contribution is -2.03. The third kappa shape index (κ3) is 2.94. The summed E-state index contributed by atoms with van der Waals surface area (Å²) in [6.45, 7) is 2.33. The summed E-state index contributed by atoms with van der Waals surface area (Å²) in [6.07, 6.45) is 1.15. The molecule has 1 aromatic carbocycles. The third-order valence-electron chi connectivity index (χ3n) is 2.40. The molecule has 20 heavy (non-hydrogen) atoms. The number of hydrogen-bond acceptors (Lipinski definition) is 6. The molecule has 0 atom stereocenters. The van der Waals surface area contributed by atoms with Gasteiger partial charge in [0.05, 0.1) is 17.2 Å². The van der Waals surface area contributed by atoms with E-state index in [4.69, 9.17) is 16.3 Å². The number of anilines is 2. The predicted molar refractivity (Wildman–Crippen MR) is 74.6 cm³/mol. The molecule has 1 aromatic heterocycles. The van der Waals surface area contributed by atoms with Gasteiger partial charge >= 0.3 is 5.69 Å². The summed E-state index contributed by atoms with van der Waals surface area (Å²) in [7, 11) is 0. The molecule has 8 heteroatoms. The topological polar surface area (TPSA) is 90.2 Å². The van der Waals surface area contributed by atoms with Gasteiger partial charge in [-0.15, -0.1) is 0 Å². The molecule has 1 heterocycles. The number of rotatable bonds is 5. The molecule has 0 saturated carbocycles. The van der Waals surface area contributed by atoms with E-state index in [1.807, 2.05) is 6.92 Å². The molecule has 104 valence electrons. The van der Waals surface area contributed by atoms with Crippen LogP contribution in [0.2, 0.25) is 5.15 Å². The van der Waals surface area contributed by atoms with Gasteiger partial charge in [0.25, 0.3) is 0 Å². The fourth-order valence-corrected chi connectivity index (χ4v) is 1.79. The van der Waals surface area contributed by atoms with Crippen molar-refractivity contribution in [1.29, 1.82) is 0 Å². The predicted octanol–water partition coefficient (Wildman–Crippen LogP) is 3.18. The summed E-state index contributed by atoms with van der Waals surface area (Å²) in [6, 6.07) is 7.06. The molecular formula is C12H11ClN4O3. The lowest BCUT2D eigenvalue weighted by Gasteiger charge is -2.11. The Balaban J connectivity index is 2.40. The molecule has 0 unspecified atom stereocenters. The minimum atomic E-state index is -0.631. The van der Waals surface area contributed by atoms with Gasteiger partial charge in [0, 0.05) is 0 Å². The number of ether oxygens (including phenoxy) is 1. The average Bonchev–Trinajstić information content (AvgIpc) is 2.41. The first-order valence-electron chi connectivity index (χ1n) is 5.77. The third-order valence-corrected chi connectivity index (χ3v) is 2.68. The van der Waals surface area contributed by atoms with Gasteiger partial charge in [0.1, 0.15) is 12.1 Å². The number of nitro groups is 1. The minimum absolute atomic E-state index is 0.0159. The Morgan fingerprint density at radius 1 is 1.40 bits per heavy atom. The van der Waals surface area contributed by atoms with Crippen molar-refractivity contribution in [2.75, 3.05) is 11.9 Å². The molecule has 0 bridgehead atoms. The van der Waals surface area contributed by atoms with Crippen molar-refractivity contribution < 1.29 is 9.66 Å². The molecule has 7 nitrogen and oxygen atoms in total. The van der Waals surface area contributed by atoms with Crippen LogP contribution in [0.1, 0.15) is 6.92 Å². The second kappa shape index (κ2) is 6.16. The number of benzene rings is 1. The van der Waals surface area contributed by atoms with Gasteiger partial charge in [0.2, 0.25) is 11.0 Å². The highest BCUT2D eigenvalue weighted by Gasteiger charge is 2.22. The first kappa shape index (κ1) is 14.0. The molecule has 2 aromatic rings. The fraction of sp³-hybridized carbons (Fsp3) is 0.167. The van der Waals surface area contributed by atoms with E-state index in [1.54, 1.807) is 24.3 Å². The van der Waals surface area contributed by atoms with Crippen molar-refractivity contribution in [3.8, 4) is 5.75 Å². The maximum Gasteiger partial charge on any atom is 0.348 e. The maximum atomic E-state index is 11.0. The first-order valence-corrected chi connectivity index (χ1v) is 6.15. The molecule has 0 aliphatic heterocycles. The van der Waals surface area contributed by atoms with Crippen molar-refractivity contribution in [3.05, 3.63) is 45.9 Å². The normalized spacial score (nSPS) is 10.1. The number of halogens is 1. The molecule has 0 radical (unpaired) electrons. The molecule has 0 aliphatic carbocycles. The summed E-state index contributed by atoms with van der Waals surface area (Å²) in [4.78, 5) is 17.8. The molecule has 0 saturated heterocycles. The molecule has 0 aliphatic rings. The molecule has 0 spiro atoms. The number of nitrogens with zero attached hydrogens (tertiary/aromatic N) is 3. The van der Waals surface area contributed by atoms with Gasteiger partial charge in [-0.05, 0) is 19.1 Å². The smallest absolute Gasteiger partial charge is 0.348 e. The summed E-state index contributed by atoms with van der Waals surface area (Å²) in [5.41, 5.74) is 0.188. The van der Waals surface area contributed by atoms with Gasteiger partial charge in [-0.1, -0.05) is 23.7 Å². The lowest BCUT2D eigenvalue weighted by atomic mass is 10.3. The maximum absolute atomic E-state index is 11.0. The van der Waals surface area contributed by atoms with E-state index in [1.165, 1.54) is 0 Å². The summed E-state index contributed by atoms with van der Waals surface area (Å²) < 4.78 is 5.43. The zero-order valence-electron chi connectivity index (χ0n) is 10.5. The van der Waals surface area contributed by atoms with Crippen LogP contribution in [0.15, 0.2) is 30.6 Å². The van der Waals surface area contributed by atoms with Gasteiger partial charge in [-0.2, -0.15) is 0 Å². The lowest BCUT2D eigenvalue weighted by molar-refractivity contribution is -0.384. The standard InChI is InChI=1S/C12H11ClN4O3/c1-2-20-9-6-4-3-5-8(9)16-12-10(17(18)19)11(13)14-7-15-12/h3-7H,2H2,1H3,(H,14,15,16). The highest BCUT2D eigenvalue weighted by Crippen LogP contribution is 2.33. The van der Waals surface area contributed by atoms with Crippen LogP contribution >= 0.6 is 11.6 Å². The van der Waals surface area contributed by atoms with Crippen LogP contribution in [0.4, 0.5) is 17.2 Å². The second-order valence-electron chi connectivity index (χ2n) is 3.67. The van der Waals surface area contributed by atoms with Gasteiger partial charge in [-0.3, -0.25) is 10.1 Å². The molecular weight excluding hydrogens is 284 g/mol. The summed E-state index contributed by atoms with van der Waals surface area (Å²) >= 11 is 5.73. The van der Waals surface area contributed by atoms with Crippen LogP contribution in [0.3, 0.4) is 0 Å². The van der Waals surface area contributed by atoms with E-state index >= 15 is 0 Å². The Morgan fingerprint density at radius 3 is 2.85 bits per heavy atom. The van der Waals surface area contributed by atoms with Crippen LogP contribution < -0.4 is 10.1 Å². The Hall–Kier alpha value is -2.41. The van der Waals surface area contributed by atoms with Crippen molar-refractivity contribution >= 4 is 28.8 Å². The van der Waals surface area contributed by atoms with Crippen molar-refractivity contribution in [2.45, 2.75) is 6.92 Å². The van der Waals surface area contributed by atoms with Crippen molar-refractivity contribution in [2.24, 2.45) is 0 Å². The summed E-state index contributed by atoms with van der Waals surface area (Å²) in [5.74, 6) is 0.584. The van der Waals surface area contributed by atoms with Crippen LogP contribution in [-0.2, 0) is 0 Å².